The molecule has 5 nitrogen and oxygen atoms in total. The lowest BCUT2D eigenvalue weighted by molar-refractivity contribution is 0.0670. The second-order valence-electron chi connectivity index (χ2n) is 7.62. The zero-order chi connectivity index (χ0) is 20.3. The van der Waals surface area contributed by atoms with Crippen molar-refractivity contribution in [1.82, 2.24) is 4.90 Å². The van der Waals surface area contributed by atoms with E-state index >= 15 is 0 Å². The number of rotatable bonds is 5. The number of likely N-dealkylation sites (tertiary alicyclic amines) is 1. The Morgan fingerprint density at radius 1 is 1.18 bits per heavy atom. The van der Waals surface area contributed by atoms with Gasteiger partial charge in [0.1, 0.15) is 0 Å². The van der Waals surface area contributed by atoms with Crippen molar-refractivity contribution in [2.45, 2.75) is 44.9 Å². The lowest BCUT2D eigenvalue weighted by Crippen LogP contribution is -2.40. The van der Waals surface area contributed by atoms with Gasteiger partial charge in [0.15, 0.2) is 0 Å². The van der Waals surface area contributed by atoms with E-state index in [1.807, 2.05) is 24.8 Å². The Morgan fingerprint density at radius 3 is 2.68 bits per heavy atom. The molecule has 0 radical (unpaired) electrons. The first-order valence-electron chi connectivity index (χ1n) is 9.79. The van der Waals surface area contributed by atoms with E-state index in [-0.39, 0.29) is 10.8 Å². The molecule has 1 N–H and O–H groups in total. The number of hydrogen-bond acceptors (Lipinski definition) is 3. The molecule has 150 valence electrons. The maximum absolute atomic E-state index is 13.1. The third-order valence-corrected chi connectivity index (χ3v) is 6.78. The number of nitrogens with zero attached hydrogens (tertiary/aromatic N) is 1. The molecular weight excluding hydrogens is 372 g/mol. The molecule has 1 amide bonds. The van der Waals surface area contributed by atoms with Crippen LogP contribution in [0.25, 0.3) is 0 Å². The van der Waals surface area contributed by atoms with Gasteiger partial charge in [-0.1, -0.05) is 31.5 Å². The first-order chi connectivity index (χ1) is 13.3. The van der Waals surface area contributed by atoms with E-state index in [0.717, 1.165) is 43.5 Å². The molecule has 1 aliphatic heterocycles. The summed E-state index contributed by atoms with van der Waals surface area (Å²) < 4.78 is 28.3. The summed E-state index contributed by atoms with van der Waals surface area (Å²) in [5.41, 5.74) is 2.73. The molecule has 28 heavy (non-hydrogen) atoms. The first-order valence-corrected chi connectivity index (χ1v) is 11.3. The highest BCUT2D eigenvalue weighted by Gasteiger charge is 2.26. The van der Waals surface area contributed by atoms with Crippen LogP contribution in [0.15, 0.2) is 47.4 Å². The molecule has 2 aromatic carbocycles. The fourth-order valence-electron chi connectivity index (χ4n) is 3.67. The molecule has 2 aromatic rings. The minimum atomic E-state index is -3.77. The van der Waals surface area contributed by atoms with Gasteiger partial charge in [0.2, 0.25) is 0 Å². The van der Waals surface area contributed by atoms with Crippen molar-refractivity contribution >= 4 is 21.6 Å². The molecule has 1 unspecified atom stereocenters. The number of hydrogen-bond donors (Lipinski definition) is 1. The number of sulfonamides is 1. The second-order valence-corrected chi connectivity index (χ2v) is 9.30. The van der Waals surface area contributed by atoms with E-state index in [0.29, 0.717) is 17.2 Å². The predicted octanol–water partition coefficient (Wildman–Crippen LogP) is 4.37. The van der Waals surface area contributed by atoms with Crippen LogP contribution in [0.3, 0.4) is 0 Å². The lowest BCUT2D eigenvalue weighted by atomic mass is 9.95. The van der Waals surface area contributed by atoms with Crippen molar-refractivity contribution in [3.8, 4) is 0 Å². The second kappa shape index (κ2) is 8.35. The summed E-state index contributed by atoms with van der Waals surface area (Å²) in [4.78, 5) is 15.0. The fraction of sp³-hybridized carbons (Fsp3) is 0.409. The van der Waals surface area contributed by atoms with Gasteiger partial charge in [-0.25, -0.2) is 8.42 Å². The standard InChI is InChI=1S/C22H28N2O3S/c1-4-18-8-6-12-24(15-18)22(25)21-14-20(11-10-17(21)3)28(26,27)23-19-9-5-7-16(2)13-19/h5,7,9-11,13-14,18,23H,4,6,8,12,15H2,1-3H3. The topological polar surface area (TPSA) is 66.5 Å². The summed E-state index contributed by atoms with van der Waals surface area (Å²) in [7, 11) is -3.77. The fourth-order valence-corrected chi connectivity index (χ4v) is 4.75. The highest BCUT2D eigenvalue weighted by molar-refractivity contribution is 7.92. The Bertz CT molecular complexity index is 969. The van der Waals surface area contributed by atoms with E-state index in [1.54, 1.807) is 30.3 Å². The predicted molar refractivity (Wildman–Crippen MR) is 112 cm³/mol. The Kier molecular flexibility index (Phi) is 6.08. The summed E-state index contributed by atoms with van der Waals surface area (Å²) in [6.07, 6.45) is 3.20. The molecular formula is C22H28N2O3S. The zero-order valence-corrected chi connectivity index (χ0v) is 17.6. The minimum Gasteiger partial charge on any atom is -0.338 e. The Hall–Kier alpha value is -2.34. The maximum Gasteiger partial charge on any atom is 0.261 e. The van der Waals surface area contributed by atoms with Crippen LogP contribution in [0.5, 0.6) is 0 Å². The smallest absolute Gasteiger partial charge is 0.261 e. The van der Waals surface area contributed by atoms with Crippen LogP contribution < -0.4 is 4.72 Å². The lowest BCUT2D eigenvalue weighted by Gasteiger charge is -2.32. The maximum atomic E-state index is 13.1. The zero-order valence-electron chi connectivity index (χ0n) is 16.7. The Balaban J connectivity index is 1.87. The van der Waals surface area contributed by atoms with Gasteiger partial charge in [-0.2, -0.15) is 0 Å². The Morgan fingerprint density at radius 2 is 1.96 bits per heavy atom. The van der Waals surface area contributed by atoms with E-state index in [4.69, 9.17) is 0 Å². The summed E-state index contributed by atoms with van der Waals surface area (Å²) in [6.45, 7) is 7.37. The molecule has 1 heterocycles. The average molecular weight is 401 g/mol. The highest BCUT2D eigenvalue weighted by Crippen LogP contribution is 2.24. The van der Waals surface area contributed by atoms with Crippen LogP contribution >= 0.6 is 0 Å². The highest BCUT2D eigenvalue weighted by atomic mass is 32.2. The molecule has 0 saturated carbocycles. The molecule has 0 spiro atoms. The Labute approximate surface area is 167 Å². The molecule has 3 rings (SSSR count). The van der Waals surface area contributed by atoms with Crippen molar-refractivity contribution in [3.63, 3.8) is 0 Å². The van der Waals surface area contributed by atoms with Crippen LogP contribution in [-0.4, -0.2) is 32.3 Å². The molecule has 1 saturated heterocycles. The van der Waals surface area contributed by atoms with Crippen LogP contribution in [-0.2, 0) is 10.0 Å². The summed E-state index contributed by atoms with van der Waals surface area (Å²) in [5.74, 6) is 0.441. The molecule has 0 aliphatic carbocycles. The van der Waals surface area contributed by atoms with E-state index in [1.165, 1.54) is 6.07 Å². The van der Waals surface area contributed by atoms with Crippen LogP contribution in [0.1, 0.15) is 47.7 Å². The van der Waals surface area contributed by atoms with E-state index in [9.17, 15) is 13.2 Å². The number of benzene rings is 2. The summed E-state index contributed by atoms with van der Waals surface area (Å²) in [5, 5.41) is 0. The van der Waals surface area contributed by atoms with Crippen molar-refractivity contribution in [2.24, 2.45) is 5.92 Å². The normalized spacial score (nSPS) is 17.4. The molecule has 1 fully saturated rings. The van der Waals surface area contributed by atoms with Crippen LogP contribution in [0.2, 0.25) is 0 Å². The van der Waals surface area contributed by atoms with Gasteiger partial charge in [-0.05, 0) is 68.0 Å². The number of piperidine rings is 1. The molecule has 0 bridgehead atoms. The van der Waals surface area contributed by atoms with Crippen molar-refractivity contribution < 1.29 is 13.2 Å². The number of nitrogens with one attached hydrogen (secondary N) is 1. The van der Waals surface area contributed by atoms with Crippen molar-refractivity contribution in [1.29, 1.82) is 0 Å². The van der Waals surface area contributed by atoms with Gasteiger partial charge in [0, 0.05) is 24.3 Å². The van der Waals surface area contributed by atoms with E-state index < -0.39 is 10.0 Å². The quantitative estimate of drug-likeness (QED) is 0.811. The van der Waals surface area contributed by atoms with Gasteiger partial charge < -0.3 is 4.90 Å². The molecule has 0 aromatic heterocycles. The van der Waals surface area contributed by atoms with Gasteiger partial charge in [0.05, 0.1) is 4.90 Å². The number of carbonyl (C=O) groups excluding carboxylic acids is 1. The van der Waals surface area contributed by atoms with Gasteiger partial charge in [-0.3, -0.25) is 9.52 Å². The van der Waals surface area contributed by atoms with Gasteiger partial charge in [-0.15, -0.1) is 0 Å². The minimum absolute atomic E-state index is 0.0803. The monoisotopic (exact) mass is 400 g/mol. The number of amides is 1. The van der Waals surface area contributed by atoms with E-state index in [2.05, 4.69) is 11.6 Å². The molecule has 6 heteroatoms. The average Bonchev–Trinajstić information content (AvgIpc) is 2.67. The van der Waals surface area contributed by atoms with Crippen LogP contribution in [0, 0.1) is 19.8 Å². The third-order valence-electron chi connectivity index (χ3n) is 5.40. The SMILES string of the molecule is CCC1CCCN(C(=O)c2cc(S(=O)(=O)Nc3cccc(C)c3)ccc2C)C1. The number of anilines is 1. The van der Waals surface area contributed by atoms with Crippen LogP contribution in [0.4, 0.5) is 5.69 Å². The first kappa shape index (κ1) is 20.4. The third kappa shape index (κ3) is 4.55. The van der Waals surface area contributed by atoms with Gasteiger partial charge in [0.25, 0.3) is 15.9 Å². The number of aryl methyl sites for hydroxylation is 2. The molecule has 1 aliphatic rings. The van der Waals surface area contributed by atoms with Crippen molar-refractivity contribution in [2.75, 3.05) is 17.8 Å². The van der Waals surface area contributed by atoms with Crippen molar-refractivity contribution in [3.05, 3.63) is 59.2 Å². The summed E-state index contributed by atoms with van der Waals surface area (Å²) in [6, 6.07) is 12.0. The number of carbonyl (C=O) groups is 1. The van der Waals surface area contributed by atoms with Gasteiger partial charge >= 0.3 is 0 Å². The molecule has 1 atom stereocenters. The summed E-state index contributed by atoms with van der Waals surface area (Å²) >= 11 is 0. The largest absolute Gasteiger partial charge is 0.338 e.